The molecule has 1 amide bonds. The maximum absolute atomic E-state index is 11.9. The van der Waals surface area contributed by atoms with Gasteiger partial charge in [-0.3, -0.25) is 4.79 Å². The normalized spacial score (nSPS) is 10.4. The van der Waals surface area contributed by atoms with Gasteiger partial charge in [-0.2, -0.15) is 0 Å². The van der Waals surface area contributed by atoms with Gasteiger partial charge < -0.3 is 15.4 Å². The van der Waals surface area contributed by atoms with E-state index >= 15 is 0 Å². The summed E-state index contributed by atoms with van der Waals surface area (Å²) < 4.78 is 5.60. The van der Waals surface area contributed by atoms with E-state index in [1.54, 1.807) is 0 Å². The Morgan fingerprint density at radius 3 is 2.48 bits per heavy atom. The van der Waals surface area contributed by atoms with Crippen molar-refractivity contribution in [1.82, 2.24) is 0 Å². The fourth-order valence-corrected chi connectivity index (χ4v) is 2.19. The molecule has 2 aromatic rings. The minimum atomic E-state index is 0.00265. The van der Waals surface area contributed by atoms with Crippen LogP contribution in [0, 0.1) is 6.92 Å². The van der Waals surface area contributed by atoms with Crippen LogP contribution in [0.5, 0.6) is 5.75 Å². The molecule has 0 saturated heterocycles. The molecule has 0 spiro atoms. The lowest BCUT2D eigenvalue weighted by Crippen LogP contribution is -2.16. The number of aryl methyl sites for hydroxylation is 1. The molecule has 4 heteroatoms. The summed E-state index contributed by atoms with van der Waals surface area (Å²) in [6.07, 6.45) is 0.581. The first-order chi connectivity index (χ1) is 11.0. The molecule has 2 rings (SSSR count). The molecule has 0 saturated carbocycles. The van der Waals surface area contributed by atoms with Crippen molar-refractivity contribution in [2.45, 2.75) is 33.3 Å². The summed E-state index contributed by atoms with van der Waals surface area (Å²) in [6.45, 7) is 6.59. The first kappa shape index (κ1) is 16.9. The topological polar surface area (TPSA) is 50.4 Å². The highest BCUT2D eigenvalue weighted by molar-refractivity contribution is 5.91. The number of anilines is 2. The van der Waals surface area contributed by atoms with Gasteiger partial charge in [-0.05, 0) is 62.7 Å². The van der Waals surface area contributed by atoms with E-state index in [1.165, 1.54) is 0 Å². The van der Waals surface area contributed by atoms with E-state index in [4.69, 9.17) is 4.74 Å². The second kappa shape index (κ2) is 8.22. The van der Waals surface area contributed by atoms with E-state index in [2.05, 4.69) is 10.6 Å². The van der Waals surface area contributed by atoms with Gasteiger partial charge >= 0.3 is 0 Å². The molecule has 2 N–H and O–H groups in total. The Morgan fingerprint density at radius 2 is 1.83 bits per heavy atom. The Labute approximate surface area is 137 Å². The van der Waals surface area contributed by atoms with Crippen molar-refractivity contribution in [3.05, 3.63) is 54.1 Å². The van der Waals surface area contributed by atoms with Gasteiger partial charge in [0.1, 0.15) is 5.75 Å². The largest absolute Gasteiger partial charge is 0.491 e. The molecule has 0 aliphatic heterocycles. The Morgan fingerprint density at radius 1 is 1.09 bits per heavy atom. The minimum Gasteiger partial charge on any atom is -0.491 e. The summed E-state index contributed by atoms with van der Waals surface area (Å²) in [6, 6.07) is 15.6. The summed E-state index contributed by atoms with van der Waals surface area (Å²) >= 11 is 0. The maximum atomic E-state index is 11.9. The molecule has 0 fully saturated rings. The smallest absolute Gasteiger partial charge is 0.226 e. The second-order valence-electron chi connectivity index (χ2n) is 5.79. The summed E-state index contributed by atoms with van der Waals surface area (Å²) in [5.74, 6) is 0.852. The molecule has 0 heterocycles. The zero-order chi connectivity index (χ0) is 16.7. The van der Waals surface area contributed by atoms with Crippen LogP contribution in [0.1, 0.15) is 25.8 Å². The van der Waals surface area contributed by atoms with Crippen molar-refractivity contribution in [1.29, 1.82) is 0 Å². The van der Waals surface area contributed by atoms with Crippen LogP contribution < -0.4 is 15.4 Å². The van der Waals surface area contributed by atoms with Crippen LogP contribution in [0.3, 0.4) is 0 Å². The zero-order valence-electron chi connectivity index (χ0n) is 13.9. The molecule has 0 bridgehead atoms. The number of hydrogen-bond donors (Lipinski definition) is 2. The number of ether oxygens (including phenoxy) is 1. The molecule has 122 valence electrons. The van der Waals surface area contributed by atoms with Gasteiger partial charge in [0.15, 0.2) is 0 Å². The van der Waals surface area contributed by atoms with Crippen molar-refractivity contribution >= 4 is 17.3 Å². The minimum absolute atomic E-state index is 0.00265. The van der Waals surface area contributed by atoms with Crippen molar-refractivity contribution in [2.75, 3.05) is 17.2 Å². The standard InChI is InChI=1S/C19H24N2O2/c1-14(2)23-18-9-7-16(8-10-18)20-12-11-19(22)21-17-6-4-5-15(3)13-17/h4-10,13-14,20H,11-12H2,1-3H3,(H,21,22). The molecule has 23 heavy (non-hydrogen) atoms. The van der Waals surface area contributed by atoms with Crippen LogP contribution in [-0.4, -0.2) is 18.6 Å². The fraction of sp³-hybridized carbons (Fsp3) is 0.316. The van der Waals surface area contributed by atoms with Gasteiger partial charge in [0.25, 0.3) is 0 Å². The molecule has 0 radical (unpaired) electrons. The Hall–Kier alpha value is -2.49. The molecule has 2 aromatic carbocycles. The molecule has 0 atom stereocenters. The molecule has 0 aromatic heterocycles. The third-order valence-corrected chi connectivity index (χ3v) is 3.21. The Balaban J connectivity index is 1.75. The van der Waals surface area contributed by atoms with Gasteiger partial charge in [-0.25, -0.2) is 0 Å². The van der Waals surface area contributed by atoms with Crippen LogP contribution in [0.15, 0.2) is 48.5 Å². The van der Waals surface area contributed by atoms with Crippen molar-refractivity contribution < 1.29 is 9.53 Å². The molecular formula is C19H24N2O2. The SMILES string of the molecule is Cc1cccc(NC(=O)CCNc2ccc(OC(C)C)cc2)c1. The van der Waals surface area contributed by atoms with E-state index in [0.29, 0.717) is 13.0 Å². The summed E-state index contributed by atoms with van der Waals surface area (Å²) in [4.78, 5) is 11.9. The highest BCUT2D eigenvalue weighted by atomic mass is 16.5. The average molecular weight is 312 g/mol. The van der Waals surface area contributed by atoms with E-state index < -0.39 is 0 Å². The fourth-order valence-electron chi connectivity index (χ4n) is 2.19. The number of nitrogens with one attached hydrogen (secondary N) is 2. The highest BCUT2D eigenvalue weighted by Crippen LogP contribution is 2.17. The van der Waals surface area contributed by atoms with Gasteiger partial charge in [0, 0.05) is 24.3 Å². The number of amides is 1. The first-order valence-corrected chi connectivity index (χ1v) is 7.90. The predicted octanol–water partition coefficient (Wildman–Crippen LogP) is 4.22. The lowest BCUT2D eigenvalue weighted by atomic mass is 10.2. The van der Waals surface area contributed by atoms with Crippen molar-refractivity contribution in [2.24, 2.45) is 0 Å². The maximum Gasteiger partial charge on any atom is 0.226 e. The molecule has 0 aliphatic carbocycles. The van der Waals surface area contributed by atoms with Crippen LogP contribution in [0.25, 0.3) is 0 Å². The van der Waals surface area contributed by atoms with Gasteiger partial charge in [-0.15, -0.1) is 0 Å². The summed E-state index contributed by atoms with van der Waals surface area (Å²) in [5.41, 5.74) is 2.94. The number of carbonyl (C=O) groups excluding carboxylic acids is 1. The number of hydrogen-bond acceptors (Lipinski definition) is 3. The molecule has 4 nitrogen and oxygen atoms in total. The van der Waals surface area contributed by atoms with E-state index in [0.717, 1.165) is 22.7 Å². The van der Waals surface area contributed by atoms with Gasteiger partial charge in [0.05, 0.1) is 6.10 Å². The zero-order valence-corrected chi connectivity index (χ0v) is 13.9. The summed E-state index contributed by atoms with van der Waals surface area (Å²) in [5, 5.41) is 6.14. The molecule has 0 aliphatic rings. The van der Waals surface area contributed by atoms with Crippen molar-refractivity contribution in [3.63, 3.8) is 0 Å². The predicted molar refractivity (Wildman–Crippen MR) is 95.1 cm³/mol. The monoisotopic (exact) mass is 312 g/mol. The van der Waals surface area contributed by atoms with Crippen LogP contribution in [0.4, 0.5) is 11.4 Å². The Bertz CT molecular complexity index is 636. The van der Waals surface area contributed by atoms with Crippen LogP contribution >= 0.6 is 0 Å². The van der Waals surface area contributed by atoms with Crippen LogP contribution in [0.2, 0.25) is 0 Å². The highest BCUT2D eigenvalue weighted by Gasteiger charge is 2.03. The third-order valence-electron chi connectivity index (χ3n) is 3.21. The number of carbonyl (C=O) groups is 1. The van der Waals surface area contributed by atoms with E-state index in [1.807, 2.05) is 69.3 Å². The lowest BCUT2D eigenvalue weighted by Gasteiger charge is -2.11. The van der Waals surface area contributed by atoms with Gasteiger partial charge in [0.2, 0.25) is 5.91 Å². The third kappa shape index (κ3) is 6.02. The molecular weight excluding hydrogens is 288 g/mol. The molecule has 0 unspecified atom stereocenters. The quantitative estimate of drug-likeness (QED) is 0.804. The lowest BCUT2D eigenvalue weighted by molar-refractivity contribution is -0.115. The van der Waals surface area contributed by atoms with Crippen LogP contribution in [-0.2, 0) is 4.79 Å². The van der Waals surface area contributed by atoms with Gasteiger partial charge in [-0.1, -0.05) is 12.1 Å². The Kier molecular flexibility index (Phi) is 6.03. The first-order valence-electron chi connectivity index (χ1n) is 7.90. The van der Waals surface area contributed by atoms with Crippen molar-refractivity contribution in [3.8, 4) is 5.75 Å². The van der Waals surface area contributed by atoms with E-state index in [-0.39, 0.29) is 12.0 Å². The van der Waals surface area contributed by atoms with E-state index in [9.17, 15) is 4.79 Å². The number of rotatable bonds is 7. The number of benzene rings is 2. The summed E-state index contributed by atoms with van der Waals surface area (Å²) in [7, 11) is 0. The average Bonchev–Trinajstić information content (AvgIpc) is 2.48. The second-order valence-corrected chi connectivity index (χ2v) is 5.79.